The van der Waals surface area contributed by atoms with Gasteiger partial charge in [-0.25, -0.2) is 5.32 Å². The van der Waals surface area contributed by atoms with Crippen LogP contribution in [-0.4, -0.2) is 31.7 Å². The molecular weight excluding hydrogens is 126 g/mol. The molecule has 0 aliphatic carbocycles. The number of hydrogen-bond donors (Lipinski definition) is 2. The Morgan fingerprint density at radius 3 is 3.10 bits per heavy atom. The molecule has 1 rings (SSSR count). The molecule has 0 aromatic heterocycles. The van der Waals surface area contributed by atoms with E-state index in [9.17, 15) is 0 Å². The van der Waals surface area contributed by atoms with Crippen molar-refractivity contribution in [1.82, 2.24) is 10.6 Å². The van der Waals surface area contributed by atoms with Gasteiger partial charge in [-0.1, -0.05) is 6.08 Å². The highest BCUT2D eigenvalue weighted by molar-refractivity contribution is 4.94. The molecule has 1 fully saturated rings. The lowest BCUT2D eigenvalue weighted by atomic mass is 10.1. The molecule has 1 saturated heterocycles. The summed E-state index contributed by atoms with van der Waals surface area (Å²) in [5, 5.41) is 7.57. The lowest BCUT2D eigenvalue weighted by Gasteiger charge is -2.25. The van der Waals surface area contributed by atoms with Crippen molar-refractivity contribution in [3.05, 3.63) is 12.7 Å². The quantitative estimate of drug-likeness (QED) is 0.487. The van der Waals surface area contributed by atoms with Crippen molar-refractivity contribution in [3.8, 4) is 0 Å². The predicted molar refractivity (Wildman–Crippen MR) is 41.8 cm³/mol. The summed E-state index contributed by atoms with van der Waals surface area (Å²) in [6, 6.07) is 0.263. The molecule has 0 aromatic carbocycles. The van der Waals surface area contributed by atoms with Crippen LogP contribution >= 0.6 is 0 Å². The Morgan fingerprint density at radius 2 is 2.60 bits per heavy atom. The fraction of sp³-hybridized carbons (Fsp3) is 0.714. The summed E-state index contributed by atoms with van der Waals surface area (Å²) in [7, 11) is 0. The maximum absolute atomic E-state index is 5.70. The first-order chi connectivity index (χ1) is 4.84. The largest absolute Gasteiger partial charge is 0.323 e. The third-order valence-electron chi connectivity index (χ3n) is 1.72. The van der Waals surface area contributed by atoms with Crippen molar-refractivity contribution < 1.29 is 0 Å². The molecule has 57 valence electrons. The number of piperazine rings is 1. The lowest BCUT2D eigenvalue weighted by Crippen LogP contribution is -2.52. The van der Waals surface area contributed by atoms with E-state index in [1.54, 1.807) is 6.08 Å². The minimum atomic E-state index is 0.0211. The SMILES string of the molecule is C=CC(N)C1CNCC[N]1. The molecule has 1 heterocycles. The van der Waals surface area contributed by atoms with E-state index in [0.29, 0.717) is 0 Å². The fourth-order valence-corrected chi connectivity index (χ4v) is 1.04. The summed E-state index contributed by atoms with van der Waals surface area (Å²) in [5.74, 6) is 0. The van der Waals surface area contributed by atoms with Gasteiger partial charge in [-0.15, -0.1) is 6.58 Å². The zero-order valence-corrected chi connectivity index (χ0v) is 6.09. The number of nitrogens with zero attached hydrogens (tertiary/aromatic N) is 1. The Morgan fingerprint density at radius 1 is 1.80 bits per heavy atom. The van der Waals surface area contributed by atoms with Crippen molar-refractivity contribution in [2.45, 2.75) is 12.1 Å². The normalized spacial score (nSPS) is 29.5. The van der Waals surface area contributed by atoms with Crippen molar-refractivity contribution in [2.75, 3.05) is 19.6 Å². The first-order valence-corrected chi connectivity index (χ1v) is 3.60. The Hall–Kier alpha value is -0.380. The number of nitrogens with one attached hydrogen (secondary N) is 1. The second-order valence-corrected chi connectivity index (χ2v) is 2.49. The van der Waals surface area contributed by atoms with E-state index in [1.165, 1.54) is 0 Å². The van der Waals surface area contributed by atoms with E-state index >= 15 is 0 Å². The molecule has 2 atom stereocenters. The molecule has 1 aliphatic rings. The summed E-state index contributed by atoms with van der Waals surface area (Å²) in [5.41, 5.74) is 5.70. The Bertz CT molecular complexity index is 107. The van der Waals surface area contributed by atoms with Crippen LogP contribution < -0.4 is 16.4 Å². The van der Waals surface area contributed by atoms with Crippen molar-refractivity contribution >= 4 is 0 Å². The summed E-state index contributed by atoms with van der Waals surface area (Å²) >= 11 is 0. The van der Waals surface area contributed by atoms with Crippen LogP contribution in [0.15, 0.2) is 12.7 Å². The molecule has 1 aliphatic heterocycles. The van der Waals surface area contributed by atoms with Crippen LogP contribution in [0.2, 0.25) is 0 Å². The van der Waals surface area contributed by atoms with Gasteiger partial charge in [-0.2, -0.15) is 0 Å². The summed E-state index contributed by atoms with van der Waals surface area (Å²) < 4.78 is 0. The van der Waals surface area contributed by atoms with E-state index in [2.05, 4.69) is 17.2 Å². The van der Waals surface area contributed by atoms with Gasteiger partial charge in [0.25, 0.3) is 0 Å². The third-order valence-corrected chi connectivity index (χ3v) is 1.72. The molecule has 2 unspecified atom stereocenters. The van der Waals surface area contributed by atoms with Gasteiger partial charge in [0.1, 0.15) is 0 Å². The van der Waals surface area contributed by atoms with Gasteiger partial charge < -0.3 is 11.1 Å². The Labute approximate surface area is 61.7 Å². The highest BCUT2D eigenvalue weighted by Gasteiger charge is 2.17. The van der Waals surface area contributed by atoms with Crippen LogP contribution in [0, 0.1) is 0 Å². The van der Waals surface area contributed by atoms with Crippen LogP contribution in [0.4, 0.5) is 0 Å². The Balaban J connectivity index is 2.30. The minimum absolute atomic E-state index is 0.0211. The van der Waals surface area contributed by atoms with Crippen molar-refractivity contribution in [1.29, 1.82) is 0 Å². The molecule has 0 aromatic rings. The molecule has 1 radical (unpaired) electrons. The lowest BCUT2D eigenvalue weighted by molar-refractivity contribution is 0.385. The number of nitrogens with two attached hydrogens (primary N) is 1. The molecule has 3 N–H and O–H groups in total. The predicted octanol–water partition coefficient (Wildman–Crippen LogP) is -0.924. The molecule has 0 saturated carbocycles. The number of hydrogen-bond acceptors (Lipinski definition) is 2. The van der Waals surface area contributed by atoms with Gasteiger partial charge in [-0.05, 0) is 0 Å². The van der Waals surface area contributed by atoms with Crippen LogP contribution in [-0.2, 0) is 0 Å². The van der Waals surface area contributed by atoms with Crippen molar-refractivity contribution in [3.63, 3.8) is 0 Å². The topological polar surface area (TPSA) is 52.1 Å². The van der Waals surface area contributed by atoms with E-state index in [1.807, 2.05) is 0 Å². The standard InChI is InChI=1S/C7H14N3/c1-2-6(8)7-5-9-3-4-10-7/h2,6-7,9H,1,3-5,8H2. The molecular formula is C7H14N3. The number of rotatable bonds is 2. The molecule has 0 bridgehead atoms. The molecule has 0 spiro atoms. The van der Waals surface area contributed by atoms with E-state index in [4.69, 9.17) is 5.73 Å². The second-order valence-electron chi connectivity index (χ2n) is 2.49. The highest BCUT2D eigenvalue weighted by Crippen LogP contribution is 1.94. The molecule has 10 heavy (non-hydrogen) atoms. The molecule has 3 nitrogen and oxygen atoms in total. The van der Waals surface area contributed by atoms with Crippen LogP contribution in [0.3, 0.4) is 0 Å². The average Bonchev–Trinajstić information content (AvgIpc) is 2.05. The fourth-order valence-electron chi connectivity index (χ4n) is 1.04. The monoisotopic (exact) mass is 140 g/mol. The van der Waals surface area contributed by atoms with Crippen LogP contribution in [0.1, 0.15) is 0 Å². The second kappa shape index (κ2) is 3.71. The average molecular weight is 140 g/mol. The summed E-state index contributed by atoms with van der Waals surface area (Å²) in [4.78, 5) is 0. The zero-order valence-electron chi connectivity index (χ0n) is 6.09. The Kier molecular flexibility index (Phi) is 2.86. The summed E-state index contributed by atoms with van der Waals surface area (Å²) in [6.07, 6.45) is 1.75. The summed E-state index contributed by atoms with van der Waals surface area (Å²) in [6.45, 7) is 6.39. The van der Waals surface area contributed by atoms with E-state index in [-0.39, 0.29) is 12.1 Å². The van der Waals surface area contributed by atoms with Crippen molar-refractivity contribution in [2.24, 2.45) is 5.73 Å². The molecule has 3 heteroatoms. The smallest absolute Gasteiger partial charge is 0.0558 e. The minimum Gasteiger partial charge on any atom is -0.323 e. The maximum atomic E-state index is 5.70. The van der Waals surface area contributed by atoms with Gasteiger partial charge in [0.05, 0.1) is 6.04 Å². The maximum Gasteiger partial charge on any atom is 0.0558 e. The van der Waals surface area contributed by atoms with Crippen LogP contribution in [0.25, 0.3) is 0 Å². The van der Waals surface area contributed by atoms with E-state index < -0.39 is 0 Å². The van der Waals surface area contributed by atoms with Gasteiger partial charge >= 0.3 is 0 Å². The highest BCUT2D eigenvalue weighted by atomic mass is 15.1. The first kappa shape index (κ1) is 7.72. The van der Waals surface area contributed by atoms with E-state index in [0.717, 1.165) is 19.6 Å². The van der Waals surface area contributed by atoms with Gasteiger partial charge in [0.15, 0.2) is 0 Å². The van der Waals surface area contributed by atoms with Gasteiger partial charge in [0, 0.05) is 25.7 Å². The third kappa shape index (κ3) is 1.80. The first-order valence-electron chi connectivity index (χ1n) is 3.60. The zero-order chi connectivity index (χ0) is 7.40. The van der Waals surface area contributed by atoms with Gasteiger partial charge in [-0.3, -0.25) is 0 Å². The molecule has 0 amide bonds. The van der Waals surface area contributed by atoms with Crippen LogP contribution in [0.5, 0.6) is 0 Å². The van der Waals surface area contributed by atoms with Gasteiger partial charge in [0.2, 0.25) is 0 Å².